The Morgan fingerprint density at radius 3 is 2.39 bits per heavy atom. The first kappa shape index (κ1) is 21.4. The van der Waals surface area contributed by atoms with Gasteiger partial charge in [0.25, 0.3) is 5.91 Å². The van der Waals surface area contributed by atoms with Crippen LogP contribution in [0.3, 0.4) is 0 Å². The molecule has 150 valence electrons. The molecule has 0 aliphatic rings. The maximum absolute atomic E-state index is 12.0. The Kier molecular flexibility index (Phi) is 8.49. The first-order valence-corrected chi connectivity index (χ1v) is 9.59. The van der Waals surface area contributed by atoms with Crippen LogP contribution >= 0.6 is 0 Å². The number of rotatable bonds is 10. The summed E-state index contributed by atoms with van der Waals surface area (Å²) in [7, 11) is 0. The van der Waals surface area contributed by atoms with Crippen LogP contribution in [-0.2, 0) is 16.0 Å². The third-order valence-corrected chi connectivity index (χ3v) is 4.28. The van der Waals surface area contributed by atoms with Crippen molar-refractivity contribution in [3.8, 4) is 5.75 Å². The van der Waals surface area contributed by atoms with Crippen molar-refractivity contribution in [3.63, 3.8) is 0 Å². The summed E-state index contributed by atoms with van der Waals surface area (Å²) in [6.45, 7) is 4.48. The lowest BCUT2D eigenvalue weighted by Crippen LogP contribution is -2.41. The van der Waals surface area contributed by atoms with Crippen molar-refractivity contribution in [1.29, 1.82) is 0 Å². The predicted molar refractivity (Wildman–Crippen MR) is 111 cm³/mol. The largest absolute Gasteiger partial charge is 0.484 e. The molecule has 6 nitrogen and oxygen atoms in total. The smallest absolute Gasteiger partial charge is 0.262 e. The van der Waals surface area contributed by atoms with E-state index in [0.29, 0.717) is 25.1 Å². The van der Waals surface area contributed by atoms with E-state index in [-0.39, 0.29) is 18.4 Å². The Morgan fingerprint density at radius 2 is 1.75 bits per heavy atom. The van der Waals surface area contributed by atoms with E-state index in [4.69, 9.17) is 10.5 Å². The molecule has 6 heteroatoms. The summed E-state index contributed by atoms with van der Waals surface area (Å²) in [5.41, 5.74) is 8.73. The van der Waals surface area contributed by atoms with E-state index in [2.05, 4.69) is 10.6 Å². The molecule has 0 aliphatic heterocycles. The number of nitrogens with one attached hydrogen (secondary N) is 2. The normalized spacial score (nSPS) is 11.5. The van der Waals surface area contributed by atoms with Gasteiger partial charge in [0.05, 0.1) is 6.04 Å². The van der Waals surface area contributed by atoms with Crippen LogP contribution in [0.25, 0.3) is 0 Å². The molecule has 0 spiro atoms. The summed E-state index contributed by atoms with van der Waals surface area (Å²) < 4.78 is 5.52. The Morgan fingerprint density at radius 1 is 1.07 bits per heavy atom. The van der Waals surface area contributed by atoms with Crippen LogP contribution in [0.4, 0.5) is 5.69 Å². The van der Waals surface area contributed by atoms with Crippen LogP contribution < -0.4 is 21.1 Å². The van der Waals surface area contributed by atoms with Crippen molar-refractivity contribution < 1.29 is 14.3 Å². The highest BCUT2D eigenvalue weighted by Gasteiger charge is 2.11. The van der Waals surface area contributed by atoms with Crippen molar-refractivity contribution >= 4 is 17.5 Å². The van der Waals surface area contributed by atoms with Gasteiger partial charge in [0.2, 0.25) is 5.91 Å². The summed E-state index contributed by atoms with van der Waals surface area (Å²) in [5.74, 6) is 0.303. The summed E-state index contributed by atoms with van der Waals surface area (Å²) in [5, 5.41) is 5.64. The minimum atomic E-state index is -0.438. The number of carbonyl (C=O) groups is 2. The number of amides is 2. The molecule has 28 heavy (non-hydrogen) atoms. The van der Waals surface area contributed by atoms with Crippen LogP contribution in [0.5, 0.6) is 5.75 Å². The van der Waals surface area contributed by atoms with E-state index in [1.807, 2.05) is 62.4 Å². The number of nitrogens with two attached hydrogens (primary N) is 1. The summed E-state index contributed by atoms with van der Waals surface area (Å²) in [4.78, 5) is 23.7. The van der Waals surface area contributed by atoms with Gasteiger partial charge in [-0.2, -0.15) is 0 Å². The van der Waals surface area contributed by atoms with E-state index >= 15 is 0 Å². The van der Waals surface area contributed by atoms with Gasteiger partial charge in [-0.25, -0.2) is 0 Å². The quantitative estimate of drug-likeness (QED) is 0.588. The lowest BCUT2D eigenvalue weighted by molar-refractivity contribution is -0.122. The molecular weight excluding hydrogens is 354 g/mol. The standard InChI is InChI=1S/C22H29N3O3/c1-3-4-20(23)22(27)24-14-13-17-7-11-19(12-8-17)28-15-21(26)25-18-9-5-16(2)6-10-18/h5-12,20H,3-4,13-15,23H2,1-2H3,(H,24,27)(H,25,26). The number of benzene rings is 2. The van der Waals surface area contributed by atoms with Crippen LogP contribution in [0.1, 0.15) is 30.9 Å². The second-order valence-corrected chi connectivity index (χ2v) is 6.78. The van der Waals surface area contributed by atoms with Crippen LogP contribution in [0.15, 0.2) is 48.5 Å². The molecule has 2 rings (SSSR count). The number of ether oxygens (including phenoxy) is 1. The minimum absolute atomic E-state index is 0.0569. The zero-order chi connectivity index (χ0) is 20.4. The van der Waals surface area contributed by atoms with Gasteiger partial charge >= 0.3 is 0 Å². The fraction of sp³-hybridized carbons (Fsp3) is 0.364. The van der Waals surface area contributed by atoms with Crippen LogP contribution in [0.2, 0.25) is 0 Å². The van der Waals surface area contributed by atoms with Gasteiger partial charge in [-0.3, -0.25) is 9.59 Å². The molecule has 0 saturated carbocycles. The molecule has 0 aliphatic carbocycles. The van der Waals surface area contributed by atoms with Gasteiger partial charge in [-0.15, -0.1) is 0 Å². The van der Waals surface area contributed by atoms with Crippen LogP contribution in [0, 0.1) is 6.92 Å². The van der Waals surface area contributed by atoms with Gasteiger partial charge < -0.3 is 21.1 Å². The molecule has 2 aromatic carbocycles. The topological polar surface area (TPSA) is 93.5 Å². The highest BCUT2D eigenvalue weighted by Crippen LogP contribution is 2.13. The Bertz CT molecular complexity index is 758. The van der Waals surface area contributed by atoms with Crippen LogP contribution in [-0.4, -0.2) is 31.0 Å². The lowest BCUT2D eigenvalue weighted by Gasteiger charge is -2.11. The van der Waals surface area contributed by atoms with Gasteiger partial charge in [-0.1, -0.05) is 43.2 Å². The monoisotopic (exact) mass is 383 g/mol. The molecule has 4 N–H and O–H groups in total. The van der Waals surface area contributed by atoms with Crippen molar-refractivity contribution in [2.75, 3.05) is 18.5 Å². The molecule has 1 atom stereocenters. The second-order valence-electron chi connectivity index (χ2n) is 6.78. The fourth-order valence-corrected chi connectivity index (χ4v) is 2.64. The molecule has 0 aromatic heterocycles. The summed E-state index contributed by atoms with van der Waals surface area (Å²) in [6.07, 6.45) is 2.28. The van der Waals surface area contributed by atoms with Crippen molar-refractivity contribution in [2.24, 2.45) is 5.73 Å². The average Bonchev–Trinajstić information content (AvgIpc) is 2.69. The highest BCUT2D eigenvalue weighted by molar-refractivity contribution is 5.91. The maximum atomic E-state index is 12.0. The first-order chi connectivity index (χ1) is 13.5. The van der Waals surface area contributed by atoms with E-state index in [0.717, 1.165) is 23.2 Å². The number of anilines is 1. The van der Waals surface area contributed by atoms with Gasteiger partial charge in [0.1, 0.15) is 5.75 Å². The van der Waals surface area contributed by atoms with Crippen molar-refractivity contribution in [3.05, 3.63) is 59.7 Å². The number of hydrogen-bond acceptors (Lipinski definition) is 4. The zero-order valence-corrected chi connectivity index (χ0v) is 16.5. The Labute approximate surface area is 166 Å². The number of aryl methyl sites for hydroxylation is 1. The third kappa shape index (κ3) is 7.40. The lowest BCUT2D eigenvalue weighted by atomic mass is 10.1. The van der Waals surface area contributed by atoms with E-state index in [9.17, 15) is 9.59 Å². The molecule has 2 aromatic rings. The second kappa shape index (κ2) is 11.1. The molecule has 0 fully saturated rings. The maximum Gasteiger partial charge on any atom is 0.262 e. The Hall–Kier alpha value is -2.86. The van der Waals surface area contributed by atoms with E-state index < -0.39 is 6.04 Å². The fourth-order valence-electron chi connectivity index (χ4n) is 2.64. The molecule has 0 bridgehead atoms. The molecule has 0 radical (unpaired) electrons. The van der Waals surface area contributed by atoms with Gasteiger partial charge in [0, 0.05) is 12.2 Å². The first-order valence-electron chi connectivity index (χ1n) is 9.59. The van der Waals surface area contributed by atoms with Gasteiger partial charge in [0.15, 0.2) is 6.61 Å². The predicted octanol–water partition coefficient (Wildman–Crippen LogP) is 2.80. The average molecular weight is 383 g/mol. The summed E-state index contributed by atoms with van der Waals surface area (Å²) >= 11 is 0. The third-order valence-electron chi connectivity index (χ3n) is 4.28. The SMILES string of the molecule is CCCC(N)C(=O)NCCc1ccc(OCC(=O)Nc2ccc(C)cc2)cc1. The van der Waals surface area contributed by atoms with Gasteiger partial charge in [-0.05, 0) is 49.6 Å². The zero-order valence-electron chi connectivity index (χ0n) is 16.5. The molecule has 2 amide bonds. The molecule has 0 saturated heterocycles. The molecular formula is C22H29N3O3. The number of carbonyl (C=O) groups excluding carboxylic acids is 2. The molecule has 0 heterocycles. The van der Waals surface area contributed by atoms with E-state index in [1.165, 1.54) is 0 Å². The Balaban J connectivity index is 1.71. The highest BCUT2D eigenvalue weighted by atomic mass is 16.5. The number of hydrogen-bond donors (Lipinski definition) is 3. The van der Waals surface area contributed by atoms with E-state index in [1.54, 1.807) is 0 Å². The van der Waals surface area contributed by atoms with Crippen molar-refractivity contribution in [2.45, 2.75) is 39.2 Å². The molecule has 1 unspecified atom stereocenters. The minimum Gasteiger partial charge on any atom is -0.484 e. The summed E-state index contributed by atoms with van der Waals surface area (Å²) in [6, 6.07) is 14.6. The van der Waals surface area contributed by atoms with Crippen molar-refractivity contribution in [1.82, 2.24) is 5.32 Å².